The molecule has 1 aromatic carbocycles. The van der Waals surface area contributed by atoms with Gasteiger partial charge in [0.05, 0.1) is 31.1 Å². The van der Waals surface area contributed by atoms with E-state index in [1.807, 2.05) is 56.3 Å². The molecule has 0 unspecified atom stereocenters. The molecule has 10 heteroatoms. The van der Waals surface area contributed by atoms with Crippen molar-refractivity contribution in [2.45, 2.75) is 20.4 Å². The van der Waals surface area contributed by atoms with Crippen molar-refractivity contribution in [3.63, 3.8) is 0 Å². The first-order valence-corrected chi connectivity index (χ1v) is 10.8. The molecule has 5 aromatic rings. The zero-order valence-corrected chi connectivity index (χ0v) is 19.4. The number of benzene rings is 1. The number of nitrogen functional groups attached to an aromatic ring is 1. The number of anilines is 1. The number of rotatable bonds is 5. The van der Waals surface area contributed by atoms with Crippen molar-refractivity contribution in [2.24, 2.45) is 0 Å². The van der Waals surface area contributed by atoms with Gasteiger partial charge in [-0.3, -0.25) is 4.98 Å². The third kappa shape index (κ3) is 3.99. The lowest BCUT2D eigenvalue weighted by atomic mass is 9.99. The van der Waals surface area contributed by atoms with Gasteiger partial charge in [-0.1, -0.05) is 30.3 Å². The molecular formula is C25H22FN7O2. The molecule has 0 spiro atoms. The van der Waals surface area contributed by atoms with Gasteiger partial charge in [0.2, 0.25) is 11.8 Å². The first-order chi connectivity index (χ1) is 16.9. The van der Waals surface area contributed by atoms with Gasteiger partial charge >= 0.3 is 5.69 Å². The van der Waals surface area contributed by atoms with Crippen LogP contribution in [0.15, 0.2) is 59.5 Å². The lowest BCUT2D eigenvalue weighted by Crippen LogP contribution is -2.24. The van der Waals surface area contributed by atoms with E-state index in [-0.39, 0.29) is 18.4 Å². The van der Waals surface area contributed by atoms with Crippen LogP contribution < -0.4 is 16.2 Å². The van der Waals surface area contributed by atoms with Crippen molar-refractivity contribution in [1.82, 2.24) is 29.1 Å². The average Bonchev–Trinajstić information content (AvgIpc) is 3.15. The van der Waals surface area contributed by atoms with Crippen LogP contribution in [-0.2, 0) is 6.54 Å². The highest BCUT2D eigenvalue weighted by atomic mass is 19.1. The third-order valence-corrected chi connectivity index (χ3v) is 5.58. The summed E-state index contributed by atoms with van der Waals surface area (Å²) < 4.78 is 21.6. The van der Waals surface area contributed by atoms with Crippen molar-refractivity contribution in [2.75, 3.05) is 12.8 Å². The highest BCUT2D eigenvalue weighted by Crippen LogP contribution is 2.34. The van der Waals surface area contributed by atoms with Crippen LogP contribution in [0.3, 0.4) is 0 Å². The van der Waals surface area contributed by atoms with E-state index in [1.165, 1.54) is 22.3 Å². The van der Waals surface area contributed by atoms with Gasteiger partial charge in [0.1, 0.15) is 5.82 Å². The number of nitrogens with zero attached hydrogens (tertiary/aromatic N) is 6. The van der Waals surface area contributed by atoms with Gasteiger partial charge in [-0.2, -0.15) is 0 Å². The molecule has 0 amide bonds. The number of aromatic nitrogens is 6. The van der Waals surface area contributed by atoms with E-state index in [9.17, 15) is 9.18 Å². The minimum atomic E-state index is -0.548. The van der Waals surface area contributed by atoms with Gasteiger partial charge in [0.25, 0.3) is 0 Å². The number of ether oxygens (including phenoxy) is 1. The Morgan fingerprint density at radius 3 is 2.43 bits per heavy atom. The number of fused-ring (bicyclic) bond motifs is 1. The number of halogens is 1. The quantitative estimate of drug-likeness (QED) is 0.418. The lowest BCUT2D eigenvalue weighted by Gasteiger charge is -2.13. The smallest absolute Gasteiger partial charge is 0.353 e. The summed E-state index contributed by atoms with van der Waals surface area (Å²) in [6.45, 7) is 3.73. The first-order valence-electron chi connectivity index (χ1n) is 10.8. The molecule has 4 heterocycles. The van der Waals surface area contributed by atoms with Crippen molar-refractivity contribution in [1.29, 1.82) is 0 Å². The molecule has 0 saturated carbocycles. The van der Waals surface area contributed by atoms with E-state index in [1.54, 1.807) is 0 Å². The molecule has 5 rings (SSSR count). The van der Waals surface area contributed by atoms with Crippen LogP contribution in [0.25, 0.3) is 28.0 Å². The third-order valence-electron chi connectivity index (χ3n) is 5.58. The number of nitrogens with two attached hydrogens (primary N) is 1. The summed E-state index contributed by atoms with van der Waals surface area (Å²) in [5.74, 6) is -0.355. The van der Waals surface area contributed by atoms with Crippen molar-refractivity contribution >= 4 is 11.6 Å². The minimum absolute atomic E-state index is 0.00862. The second-order valence-corrected chi connectivity index (χ2v) is 8.12. The van der Waals surface area contributed by atoms with Crippen LogP contribution in [0.4, 0.5) is 10.3 Å². The standard InChI is InChI=1S/C25H22FN7O2/c1-14-9-17(10-15(2)29-14)20-21(16-7-5-4-6-8-16)30-24(27)33-22(20)31-32(25(33)34)13-18-11-19(26)12-28-23(18)35-3/h4-12H,13H2,1-3H3,(H2,27,30). The number of methoxy groups -OCH3 is 1. The Bertz CT molecular complexity index is 1610. The maximum Gasteiger partial charge on any atom is 0.353 e. The predicted octanol–water partition coefficient (Wildman–Crippen LogP) is 3.41. The number of hydrogen-bond acceptors (Lipinski definition) is 7. The maximum atomic E-state index is 13.9. The Labute approximate surface area is 199 Å². The Balaban J connectivity index is 1.81. The molecule has 176 valence electrons. The fourth-order valence-electron chi connectivity index (χ4n) is 4.18. The largest absolute Gasteiger partial charge is 0.481 e. The van der Waals surface area contributed by atoms with E-state index in [2.05, 4.69) is 20.1 Å². The van der Waals surface area contributed by atoms with Crippen LogP contribution in [-0.4, -0.2) is 36.2 Å². The molecule has 0 atom stereocenters. The molecule has 0 aliphatic carbocycles. The van der Waals surface area contributed by atoms with Gasteiger partial charge in [0.15, 0.2) is 5.65 Å². The van der Waals surface area contributed by atoms with Gasteiger partial charge < -0.3 is 10.5 Å². The van der Waals surface area contributed by atoms with Gasteiger partial charge in [0, 0.05) is 22.5 Å². The molecule has 0 radical (unpaired) electrons. The zero-order chi connectivity index (χ0) is 24.7. The maximum absolute atomic E-state index is 13.9. The highest BCUT2D eigenvalue weighted by Gasteiger charge is 2.22. The SMILES string of the molecule is COc1ncc(F)cc1Cn1nc2c(-c3cc(C)nc(C)c3)c(-c3ccccc3)nc(N)n2c1=O. The number of aryl methyl sites for hydroxylation is 2. The fourth-order valence-corrected chi connectivity index (χ4v) is 4.18. The van der Waals surface area contributed by atoms with Crippen LogP contribution in [0.1, 0.15) is 17.0 Å². The molecular weight excluding hydrogens is 449 g/mol. The first kappa shape index (κ1) is 22.2. The lowest BCUT2D eigenvalue weighted by molar-refractivity contribution is 0.387. The van der Waals surface area contributed by atoms with E-state index in [0.29, 0.717) is 22.5 Å². The molecule has 0 aliphatic rings. The number of pyridine rings is 2. The highest BCUT2D eigenvalue weighted by molar-refractivity contribution is 5.90. The second-order valence-electron chi connectivity index (χ2n) is 8.12. The normalized spacial score (nSPS) is 11.2. The van der Waals surface area contributed by atoms with Crippen LogP contribution in [0, 0.1) is 19.7 Å². The molecule has 0 saturated heterocycles. The Hall–Kier alpha value is -4.60. The molecule has 0 bridgehead atoms. The fraction of sp³-hybridized carbons (Fsp3) is 0.160. The van der Waals surface area contributed by atoms with Gasteiger partial charge in [-0.15, -0.1) is 5.10 Å². The minimum Gasteiger partial charge on any atom is -0.481 e. The second kappa shape index (κ2) is 8.64. The predicted molar refractivity (Wildman–Crippen MR) is 130 cm³/mol. The molecule has 2 N–H and O–H groups in total. The van der Waals surface area contributed by atoms with Crippen LogP contribution in [0.2, 0.25) is 0 Å². The van der Waals surface area contributed by atoms with Crippen LogP contribution in [0.5, 0.6) is 5.88 Å². The van der Waals surface area contributed by atoms with Crippen LogP contribution >= 0.6 is 0 Å². The van der Waals surface area contributed by atoms with Gasteiger partial charge in [-0.25, -0.2) is 28.2 Å². The average molecular weight is 471 g/mol. The summed E-state index contributed by atoms with van der Waals surface area (Å²) in [5.41, 5.74) is 10.9. The zero-order valence-electron chi connectivity index (χ0n) is 19.4. The van der Waals surface area contributed by atoms with Crippen molar-refractivity contribution in [3.05, 3.63) is 88.0 Å². The molecule has 4 aromatic heterocycles. The summed E-state index contributed by atoms with van der Waals surface area (Å²) >= 11 is 0. The monoisotopic (exact) mass is 471 g/mol. The Morgan fingerprint density at radius 1 is 1.03 bits per heavy atom. The topological polar surface area (TPSA) is 113 Å². The molecule has 0 fully saturated rings. The molecule has 35 heavy (non-hydrogen) atoms. The summed E-state index contributed by atoms with van der Waals surface area (Å²) in [5, 5.41) is 4.62. The summed E-state index contributed by atoms with van der Waals surface area (Å²) in [6.07, 6.45) is 1.05. The van der Waals surface area contributed by atoms with Gasteiger partial charge in [-0.05, 0) is 37.6 Å². The van der Waals surface area contributed by atoms with E-state index in [0.717, 1.165) is 28.7 Å². The van der Waals surface area contributed by atoms with E-state index < -0.39 is 11.5 Å². The summed E-state index contributed by atoms with van der Waals surface area (Å²) in [4.78, 5) is 26.4. The molecule has 9 nitrogen and oxygen atoms in total. The van der Waals surface area contributed by atoms with Crippen molar-refractivity contribution in [3.8, 4) is 28.3 Å². The Morgan fingerprint density at radius 2 is 1.74 bits per heavy atom. The Kier molecular flexibility index (Phi) is 5.48. The summed E-state index contributed by atoms with van der Waals surface area (Å²) in [7, 11) is 1.43. The van der Waals surface area contributed by atoms with Crippen molar-refractivity contribution < 1.29 is 9.13 Å². The van der Waals surface area contributed by atoms with E-state index in [4.69, 9.17) is 10.5 Å². The summed E-state index contributed by atoms with van der Waals surface area (Å²) in [6, 6.07) is 14.6. The van der Waals surface area contributed by atoms with E-state index >= 15 is 0 Å². The number of hydrogen-bond donors (Lipinski definition) is 1. The molecule has 0 aliphatic heterocycles.